The second kappa shape index (κ2) is 8.16. The van der Waals surface area contributed by atoms with Gasteiger partial charge in [0, 0.05) is 44.2 Å². The van der Waals surface area contributed by atoms with Crippen LogP contribution in [0.4, 0.5) is 11.4 Å². The largest absolute Gasteiger partial charge is 0.383 e. The van der Waals surface area contributed by atoms with Crippen LogP contribution < -0.4 is 4.90 Å². The molecule has 0 fully saturated rings. The van der Waals surface area contributed by atoms with Crippen molar-refractivity contribution >= 4 is 17.2 Å². The van der Waals surface area contributed by atoms with Gasteiger partial charge in [-0.05, 0) is 30.7 Å². The highest BCUT2D eigenvalue weighted by Crippen LogP contribution is 2.30. The summed E-state index contributed by atoms with van der Waals surface area (Å²) in [5.74, 6) is -0.208. The molecule has 0 atom stereocenters. The van der Waals surface area contributed by atoms with Crippen LogP contribution in [0.5, 0.6) is 0 Å². The zero-order chi connectivity index (χ0) is 17.5. The van der Waals surface area contributed by atoms with Crippen molar-refractivity contribution in [1.29, 1.82) is 0 Å². The first-order chi connectivity index (χ1) is 11.5. The molecule has 2 aromatic rings. The summed E-state index contributed by atoms with van der Waals surface area (Å²) in [6, 6.07) is 8.26. The molecule has 2 rings (SSSR count). The highest BCUT2D eigenvalue weighted by molar-refractivity contribution is 5.95. The lowest BCUT2D eigenvalue weighted by atomic mass is 10.1. The van der Waals surface area contributed by atoms with E-state index in [1.54, 1.807) is 31.6 Å². The summed E-state index contributed by atoms with van der Waals surface area (Å²) in [5, 5.41) is 11.5. The Bertz CT molecular complexity index is 719. The van der Waals surface area contributed by atoms with Crippen molar-refractivity contribution in [3.8, 4) is 0 Å². The minimum atomic E-state index is -0.467. The second-order valence-electron chi connectivity index (χ2n) is 5.29. The van der Waals surface area contributed by atoms with Gasteiger partial charge in [-0.25, -0.2) is 0 Å². The minimum Gasteiger partial charge on any atom is -0.383 e. The Labute approximate surface area is 140 Å². The average molecular weight is 329 g/mol. The van der Waals surface area contributed by atoms with Crippen LogP contribution in [-0.2, 0) is 11.3 Å². The van der Waals surface area contributed by atoms with E-state index in [-0.39, 0.29) is 11.5 Å². The molecule has 7 nitrogen and oxygen atoms in total. The van der Waals surface area contributed by atoms with Crippen LogP contribution >= 0.6 is 0 Å². The standard InChI is InChI=1S/C17H19N3O4/c1-13(21)15-5-6-16(17(10-15)20(22)23)19(8-9-24-2)12-14-4-3-7-18-11-14/h3-7,10-11H,8-9,12H2,1-2H3. The number of pyridine rings is 1. The molecule has 1 aromatic carbocycles. The molecule has 7 heteroatoms. The van der Waals surface area contributed by atoms with Crippen molar-refractivity contribution in [2.24, 2.45) is 0 Å². The van der Waals surface area contributed by atoms with E-state index >= 15 is 0 Å². The highest BCUT2D eigenvalue weighted by Gasteiger charge is 2.21. The van der Waals surface area contributed by atoms with E-state index in [1.807, 2.05) is 17.0 Å². The number of anilines is 1. The number of carbonyl (C=O) groups excluding carboxylic acids is 1. The Morgan fingerprint density at radius 3 is 2.75 bits per heavy atom. The third-order valence-corrected chi connectivity index (χ3v) is 3.58. The molecule has 0 radical (unpaired) electrons. The van der Waals surface area contributed by atoms with E-state index in [0.29, 0.717) is 30.9 Å². The van der Waals surface area contributed by atoms with E-state index in [0.717, 1.165) is 5.56 Å². The molecule has 0 bridgehead atoms. The molecule has 1 aromatic heterocycles. The summed E-state index contributed by atoms with van der Waals surface area (Å²) < 4.78 is 5.11. The third kappa shape index (κ3) is 4.36. The van der Waals surface area contributed by atoms with Crippen LogP contribution in [0.3, 0.4) is 0 Å². The van der Waals surface area contributed by atoms with Crippen molar-refractivity contribution in [3.05, 3.63) is 64.0 Å². The Balaban J connectivity index is 2.40. The maximum atomic E-state index is 11.5. The van der Waals surface area contributed by atoms with Gasteiger partial charge in [-0.3, -0.25) is 19.9 Å². The molecule has 0 saturated carbocycles. The Morgan fingerprint density at radius 2 is 2.17 bits per heavy atom. The molecule has 1 heterocycles. The molecule has 0 spiro atoms. The number of benzene rings is 1. The maximum Gasteiger partial charge on any atom is 0.293 e. The molecule has 0 saturated heterocycles. The van der Waals surface area contributed by atoms with Crippen LogP contribution in [0.25, 0.3) is 0 Å². The van der Waals surface area contributed by atoms with Crippen LogP contribution in [0.2, 0.25) is 0 Å². The van der Waals surface area contributed by atoms with Crippen LogP contribution in [-0.4, -0.2) is 36.0 Å². The van der Waals surface area contributed by atoms with Gasteiger partial charge < -0.3 is 9.64 Å². The van der Waals surface area contributed by atoms with Gasteiger partial charge in [0.05, 0.1) is 11.5 Å². The predicted octanol–water partition coefficient (Wildman–Crippen LogP) is 2.85. The monoisotopic (exact) mass is 329 g/mol. The molecule has 0 amide bonds. The summed E-state index contributed by atoms with van der Waals surface area (Å²) in [7, 11) is 1.58. The predicted molar refractivity (Wildman–Crippen MR) is 90.3 cm³/mol. The number of Topliss-reactive ketones (excluding diaryl/α,β-unsaturated/α-hetero) is 1. The Morgan fingerprint density at radius 1 is 1.38 bits per heavy atom. The van der Waals surface area contributed by atoms with E-state index < -0.39 is 4.92 Å². The van der Waals surface area contributed by atoms with Crippen LogP contribution in [0.15, 0.2) is 42.7 Å². The van der Waals surface area contributed by atoms with Gasteiger partial charge >= 0.3 is 0 Å². The maximum absolute atomic E-state index is 11.5. The summed E-state index contributed by atoms with van der Waals surface area (Å²) in [4.78, 5) is 28.4. The molecule has 0 aliphatic heterocycles. The van der Waals surface area contributed by atoms with Crippen molar-refractivity contribution in [2.75, 3.05) is 25.2 Å². The quantitative estimate of drug-likeness (QED) is 0.420. The van der Waals surface area contributed by atoms with Crippen molar-refractivity contribution < 1.29 is 14.5 Å². The lowest BCUT2D eigenvalue weighted by Crippen LogP contribution is -2.27. The number of nitrogens with zero attached hydrogens (tertiary/aromatic N) is 3. The zero-order valence-electron chi connectivity index (χ0n) is 13.6. The lowest BCUT2D eigenvalue weighted by Gasteiger charge is -2.24. The van der Waals surface area contributed by atoms with Crippen molar-refractivity contribution in [1.82, 2.24) is 4.98 Å². The Hall–Kier alpha value is -2.80. The number of hydrogen-bond acceptors (Lipinski definition) is 6. The first kappa shape index (κ1) is 17.6. The molecule has 0 N–H and O–H groups in total. The Kier molecular flexibility index (Phi) is 5.97. The number of ether oxygens (including phenoxy) is 1. The number of nitro benzene ring substituents is 1. The minimum absolute atomic E-state index is 0.0947. The first-order valence-corrected chi connectivity index (χ1v) is 7.45. The van der Waals surface area contributed by atoms with E-state index in [4.69, 9.17) is 4.74 Å². The number of nitro groups is 1. The fourth-order valence-corrected chi connectivity index (χ4v) is 2.35. The van der Waals surface area contributed by atoms with E-state index in [2.05, 4.69) is 4.98 Å². The third-order valence-electron chi connectivity index (χ3n) is 3.58. The number of hydrogen-bond donors (Lipinski definition) is 0. The van der Waals surface area contributed by atoms with Crippen LogP contribution in [0, 0.1) is 10.1 Å². The second-order valence-corrected chi connectivity index (χ2v) is 5.29. The first-order valence-electron chi connectivity index (χ1n) is 7.45. The smallest absolute Gasteiger partial charge is 0.293 e. The summed E-state index contributed by atoms with van der Waals surface area (Å²) in [6.45, 7) is 2.74. The summed E-state index contributed by atoms with van der Waals surface area (Å²) in [6.07, 6.45) is 3.39. The fourth-order valence-electron chi connectivity index (χ4n) is 2.35. The number of methoxy groups -OCH3 is 1. The van der Waals surface area contributed by atoms with Gasteiger partial charge in [-0.15, -0.1) is 0 Å². The normalized spacial score (nSPS) is 10.4. The fraction of sp³-hybridized carbons (Fsp3) is 0.294. The molecular weight excluding hydrogens is 310 g/mol. The zero-order valence-corrected chi connectivity index (χ0v) is 13.6. The average Bonchev–Trinajstić information content (AvgIpc) is 2.58. The van der Waals surface area contributed by atoms with E-state index in [9.17, 15) is 14.9 Å². The van der Waals surface area contributed by atoms with Gasteiger partial charge in [-0.2, -0.15) is 0 Å². The van der Waals surface area contributed by atoms with Gasteiger partial charge in [0.1, 0.15) is 5.69 Å². The molecule has 0 unspecified atom stereocenters. The number of carbonyl (C=O) groups is 1. The van der Waals surface area contributed by atoms with Crippen molar-refractivity contribution in [3.63, 3.8) is 0 Å². The van der Waals surface area contributed by atoms with Gasteiger partial charge in [0.15, 0.2) is 5.78 Å². The molecule has 0 aliphatic carbocycles. The summed E-state index contributed by atoms with van der Waals surface area (Å²) in [5.41, 5.74) is 1.60. The molecule has 24 heavy (non-hydrogen) atoms. The van der Waals surface area contributed by atoms with Crippen molar-refractivity contribution in [2.45, 2.75) is 13.5 Å². The molecular formula is C17H19N3O4. The highest BCUT2D eigenvalue weighted by atomic mass is 16.6. The molecule has 0 aliphatic rings. The van der Waals surface area contributed by atoms with Gasteiger partial charge in [0.25, 0.3) is 5.69 Å². The molecule has 126 valence electrons. The number of rotatable bonds is 8. The SMILES string of the molecule is COCCN(Cc1cccnc1)c1ccc(C(C)=O)cc1[N+](=O)[O-]. The van der Waals surface area contributed by atoms with Gasteiger partial charge in [-0.1, -0.05) is 6.07 Å². The number of aromatic nitrogens is 1. The van der Waals surface area contributed by atoms with Gasteiger partial charge in [0.2, 0.25) is 0 Å². The van der Waals surface area contributed by atoms with Crippen LogP contribution in [0.1, 0.15) is 22.8 Å². The summed E-state index contributed by atoms with van der Waals surface area (Å²) >= 11 is 0. The lowest BCUT2D eigenvalue weighted by molar-refractivity contribution is -0.384. The van der Waals surface area contributed by atoms with E-state index in [1.165, 1.54) is 13.0 Å². The number of ketones is 1. The topological polar surface area (TPSA) is 85.6 Å².